The first-order valence-electron chi connectivity index (χ1n) is 8.89. The maximum Gasteiger partial charge on any atom is 0.303 e. The van der Waals surface area contributed by atoms with E-state index in [-0.39, 0.29) is 22.1 Å². The number of aromatic nitrogens is 1. The van der Waals surface area contributed by atoms with Gasteiger partial charge in [0.25, 0.3) is 10.0 Å². The Kier molecular flexibility index (Phi) is 5.40. The van der Waals surface area contributed by atoms with Crippen molar-refractivity contribution >= 4 is 49.8 Å². The highest BCUT2D eigenvalue weighted by Crippen LogP contribution is 2.35. The molecule has 0 saturated carbocycles. The van der Waals surface area contributed by atoms with Crippen molar-refractivity contribution < 1.29 is 22.7 Å². The van der Waals surface area contributed by atoms with Gasteiger partial charge in [-0.05, 0) is 47.9 Å². The van der Waals surface area contributed by atoms with Crippen LogP contribution in [0.3, 0.4) is 0 Å². The van der Waals surface area contributed by atoms with Crippen LogP contribution in [0.2, 0.25) is 5.02 Å². The molecule has 154 valence electrons. The molecule has 1 N–H and O–H groups in total. The summed E-state index contributed by atoms with van der Waals surface area (Å²) in [6.07, 6.45) is 1.61. The number of para-hydroxylation sites is 1. The van der Waals surface area contributed by atoms with Gasteiger partial charge in [0.15, 0.2) is 0 Å². The SMILES string of the molecule is O=C(O)CCc1cn(S(=O)(=O)c2ccc(-c3ccc(F)c(Cl)c3)s2)c2ccccc12. The molecule has 30 heavy (non-hydrogen) atoms. The second kappa shape index (κ2) is 7.86. The van der Waals surface area contributed by atoms with E-state index in [1.165, 1.54) is 28.4 Å². The highest BCUT2D eigenvalue weighted by atomic mass is 35.5. The largest absolute Gasteiger partial charge is 0.481 e. The van der Waals surface area contributed by atoms with Gasteiger partial charge in [0.05, 0.1) is 10.5 Å². The van der Waals surface area contributed by atoms with Crippen molar-refractivity contribution in [1.29, 1.82) is 0 Å². The summed E-state index contributed by atoms with van der Waals surface area (Å²) in [5, 5.41) is 9.64. The number of thiophene rings is 1. The van der Waals surface area contributed by atoms with Gasteiger partial charge in [0.2, 0.25) is 0 Å². The average molecular weight is 464 g/mol. The van der Waals surface area contributed by atoms with Crippen LogP contribution in [0.15, 0.2) is 65.0 Å². The Balaban J connectivity index is 1.77. The van der Waals surface area contributed by atoms with E-state index in [2.05, 4.69) is 0 Å². The summed E-state index contributed by atoms with van der Waals surface area (Å²) in [6, 6.07) is 14.4. The molecule has 5 nitrogen and oxygen atoms in total. The second-order valence-electron chi connectivity index (χ2n) is 6.61. The van der Waals surface area contributed by atoms with Crippen LogP contribution in [0.1, 0.15) is 12.0 Å². The van der Waals surface area contributed by atoms with Crippen molar-refractivity contribution in [1.82, 2.24) is 3.97 Å². The fourth-order valence-electron chi connectivity index (χ4n) is 3.22. The molecule has 0 spiro atoms. The Labute approximate surface area is 181 Å². The Hall–Kier alpha value is -2.68. The van der Waals surface area contributed by atoms with E-state index >= 15 is 0 Å². The lowest BCUT2D eigenvalue weighted by molar-refractivity contribution is -0.136. The van der Waals surface area contributed by atoms with Gasteiger partial charge in [-0.1, -0.05) is 35.9 Å². The van der Waals surface area contributed by atoms with Crippen molar-refractivity contribution in [2.24, 2.45) is 0 Å². The molecular formula is C21H15ClFNO4S2. The minimum absolute atomic E-state index is 0.0372. The predicted octanol–water partition coefficient (Wildman–Crippen LogP) is 5.42. The van der Waals surface area contributed by atoms with Gasteiger partial charge in [-0.2, -0.15) is 8.42 Å². The molecule has 0 bridgehead atoms. The van der Waals surface area contributed by atoms with Crippen LogP contribution in [0.4, 0.5) is 4.39 Å². The van der Waals surface area contributed by atoms with Crippen LogP contribution in [0, 0.1) is 5.82 Å². The maximum atomic E-state index is 13.4. The number of carbonyl (C=O) groups is 1. The Morgan fingerprint density at radius 1 is 1.13 bits per heavy atom. The number of carboxylic acid groups (broad SMARTS) is 1. The molecule has 9 heteroatoms. The lowest BCUT2D eigenvalue weighted by Gasteiger charge is -2.05. The third kappa shape index (κ3) is 3.74. The van der Waals surface area contributed by atoms with Crippen molar-refractivity contribution in [2.45, 2.75) is 17.1 Å². The minimum atomic E-state index is -3.91. The molecular weight excluding hydrogens is 449 g/mol. The first-order chi connectivity index (χ1) is 14.3. The van der Waals surface area contributed by atoms with Gasteiger partial charge >= 0.3 is 5.97 Å². The Bertz CT molecular complexity index is 1370. The smallest absolute Gasteiger partial charge is 0.303 e. The van der Waals surface area contributed by atoms with Crippen molar-refractivity contribution in [3.05, 3.63) is 77.2 Å². The first kappa shape index (κ1) is 20.6. The molecule has 0 unspecified atom stereocenters. The van der Waals surface area contributed by atoms with Crippen LogP contribution in [-0.4, -0.2) is 23.5 Å². The first-order valence-corrected chi connectivity index (χ1v) is 11.5. The average Bonchev–Trinajstić information content (AvgIpc) is 3.34. The highest BCUT2D eigenvalue weighted by molar-refractivity contribution is 7.92. The monoisotopic (exact) mass is 463 g/mol. The number of rotatable bonds is 6. The summed E-state index contributed by atoms with van der Waals surface area (Å²) in [5.41, 5.74) is 1.75. The molecule has 4 rings (SSSR count). The number of halogens is 2. The predicted molar refractivity (Wildman–Crippen MR) is 115 cm³/mol. The van der Waals surface area contributed by atoms with Gasteiger partial charge in [-0.3, -0.25) is 4.79 Å². The highest BCUT2D eigenvalue weighted by Gasteiger charge is 2.23. The van der Waals surface area contributed by atoms with Crippen LogP contribution in [0.5, 0.6) is 0 Å². The molecule has 2 aromatic carbocycles. The van der Waals surface area contributed by atoms with Crippen molar-refractivity contribution in [2.75, 3.05) is 0 Å². The summed E-state index contributed by atoms with van der Waals surface area (Å²) in [5.74, 6) is -1.49. The zero-order valence-electron chi connectivity index (χ0n) is 15.4. The molecule has 2 aromatic heterocycles. The van der Waals surface area contributed by atoms with Gasteiger partial charge < -0.3 is 5.11 Å². The van der Waals surface area contributed by atoms with E-state index in [1.807, 2.05) is 0 Å². The van der Waals surface area contributed by atoms with Gasteiger partial charge in [-0.25, -0.2) is 8.36 Å². The van der Waals surface area contributed by atoms with Crippen LogP contribution >= 0.6 is 22.9 Å². The number of carboxylic acids is 1. The summed E-state index contributed by atoms with van der Waals surface area (Å²) in [6.45, 7) is 0. The second-order valence-corrected chi connectivity index (χ2v) is 10.1. The van der Waals surface area contributed by atoms with Crippen LogP contribution < -0.4 is 0 Å². The minimum Gasteiger partial charge on any atom is -0.481 e. The van der Waals surface area contributed by atoms with Gasteiger partial charge in [-0.15, -0.1) is 11.3 Å². The maximum absolute atomic E-state index is 13.4. The number of nitrogens with zero attached hydrogens (tertiary/aromatic N) is 1. The number of aliphatic carboxylic acids is 1. The third-order valence-corrected chi connectivity index (χ3v) is 8.23. The van der Waals surface area contributed by atoms with Crippen molar-refractivity contribution in [3.63, 3.8) is 0 Å². The Morgan fingerprint density at radius 3 is 2.63 bits per heavy atom. The van der Waals surface area contributed by atoms with E-state index in [4.69, 9.17) is 16.7 Å². The van der Waals surface area contributed by atoms with E-state index in [9.17, 15) is 17.6 Å². The zero-order chi connectivity index (χ0) is 21.5. The molecule has 0 aliphatic carbocycles. The molecule has 0 radical (unpaired) electrons. The quantitative estimate of drug-likeness (QED) is 0.414. The fraction of sp³-hybridized carbons (Fsp3) is 0.0952. The molecule has 2 heterocycles. The number of aryl methyl sites for hydroxylation is 1. The number of fused-ring (bicyclic) bond motifs is 1. The van der Waals surface area contributed by atoms with Crippen LogP contribution in [-0.2, 0) is 21.2 Å². The molecule has 0 aliphatic rings. The number of hydrogen-bond donors (Lipinski definition) is 1. The molecule has 0 fully saturated rings. The summed E-state index contributed by atoms with van der Waals surface area (Å²) in [4.78, 5) is 11.6. The number of benzene rings is 2. The summed E-state index contributed by atoms with van der Waals surface area (Å²) in [7, 11) is -3.91. The normalized spacial score (nSPS) is 11.8. The van der Waals surface area contributed by atoms with Crippen LogP contribution in [0.25, 0.3) is 21.3 Å². The standard InChI is InChI=1S/C21H15ClFNO4S2/c22-16-11-13(5-7-17(16)23)19-8-10-21(29-19)30(27,28)24-12-14(6-9-20(25)26)15-3-1-2-4-18(15)24/h1-5,7-8,10-12H,6,9H2,(H,25,26). The molecule has 0 amide bonds. The topological polar surface area (TPSA) is 76.4 Å². The van der Waals surface area contributed by atoms with Crippen molar-refractivity contribution in [3.8, 4) is 10.4 Å². The van der Waals surface area contributed by atoms with Gasteiger partial charge in [0, 0.05) is 22.9 Å². The van der Waals surface area contributed by atoms with E-state index < -0.39 is 21.8 Å². The van der Waals surface area contributed by atoms with E-state index in [0.717, 1.165) is 11.3 Å². The molecule has 0 aliphatic heterocycles. The molecule has 4 aromatic rings. The van der Waals surface area contributed by atoms with Gasteiger partial charge in [0.1, 0.15) is 10.0 Å². The Morgan fingerprint density at radius 2 is 1.90 bits per heavy atom. The lowest BCUT2D eigenvalue weighted by atomic mass is 10.1. The fourth-order valence-corrected chi connectivity index (χ4v) is 6.18. The summed E-state index contributed by atoms with van der Waals surface area (Å²) >= 11 is 6.90. The number of hydrogen-bond acceptors (Lipinski definition) is 4. The zero-order valence-corrected chi connectivity index (χ0v) is 17.8. The lowest BCUT2D eigenvalue weighted by Crippen LogP contribution is -2.10. The third-order valence-electron chi connectivity index (χ3n) is 4.67. The van der Waals surface area contributed by atoms with E-state index in [0.29, 0.717) is 26.9 Å². The summed E-state index contributed by atoms with van der Waals surface area (Å²) < 4.78 is 41.4. The molecule has 0 atom stereocenters. The van der Waals surface area contributed by atoms with E-state index in [1.54, 1.807) is 36.4 Å². The molecule has 0 saturated heterocycles.